The Morgan fingerprint density at radius 3 is 2.41 bits per heavy atom. The molecule has 1 N–H and O–H groups in total. The van der Waals surface area contributed by atoms with Crippen LogP contribution in [0.5, 0.6) is 5.88 Å². The van der Waals surface area contributed by atoms with E-state index >= 15 is 4.39 Å². The van der Waals surface area contributed by atoms with Crippen molar-refractivity contribution in [3.63, 3.8) is 0 Å². The molecule has 34 heavy (non-hydrogen) atoms. The van der Waals surface area contributed by atoms with Gasteiger partial charge in [-0.2, -0.15) is 4.98 Å². The largest absolute Gasteiger partial charge is 0.479 e. The van der Waals surface area contributed by atoms with Gasteiger partial charge in [0, 0.05) is 23.0 Å². The fourth-order valence-corrected chi connectivity index (χ4v) is 3.69. The highest BCUT2D eigenvalue weighted by molar-refractivity contribution is 5.95. The molecule has 0 saturated carbocycles. The molecule has 0 aliphatic rings. The number of benzene rings is 2. The Hall–Kier alpha value is -4.52. The first kappa shape index (κ1) is 22.7. The van der Waals surface area contributed by atoms with Gasteiger partial charge in [0.1, 0.15) is 11.6 Å². The molecule has 2 aromatic carbocycles. The molecule has 0 atom stereocenters. The zero-order valence-corrected chi connectivity index (χ0v) is 18.4. The molecule has 7 heteroatoms. The van der Waals surface area contributed by atoms with Gasteiger partial charge in [-0.15, -0.1) is 0 Å². The van der Waals surface area contributed by atoms with E-state index in [2.05, 4.69) is 23.5 Å². The Morgan fingerprint density at radius 1 is 1.09 bits per heavy atom. The average Bonchev–Trinajstić information content (AvgIpc) is 2.85. The fourth-order valence-electron chi connectivity index (χ4n) is 3.69. The normalized spacial score (nSPS) is 11.3. The van der Waals surface area contributed by atoms with E-state index in [-0.39, 0.29) is 22.5 Å². The second-order valence-electron chi connectivity index (χ2n) is 7.27. The Balaban J connectivity index is 2.17. The number of ether oxygens (including phenoxy) is 1. The van der Waals surface area contributed by atoms with Crippen molar-refractivity contribution in [3.8, 4) is 22.7 Å². The summed E-state index contributed by atoms with van der Waals surface area (Å²) in [5.41, 5.74) is 1.25. The lowest BCUT2D eigenvalue weighted by molar-refractivity contribution is 0.371. The summed E-state index contributed by atoms with van der Waals surface area (Å²) >= 11 is 0. The van der Waals surface area contributed by atoms with Gasteiger partial charge >= 0.3 is 0 Å². The van der Waals surface area contributed by atoms with Crippen LogP contribution in [0.2, 0.25) is 0 Å². The first-order chi connectivity index (χ1) is 16.5. The molecule has 0 unspecified atom stereocenters. The van der Waals surface area contributed by atoms with Crippen molar-refractivity contribution in [2.45, 2.75) is 0 Å². The number of halogens is 2. The molecule has 0 bridgehead atoms. The molecular formula is C27H21F2N3O2. The second kappa shape index (κ2) is 9.54. The summed E-state index contributed by atoms with van der Waals surface area (Å²) in [6.07, 6.45) is 4.85. The fraction of sp³-hybridized carbons (Fsp3) is 0.0370. The zero-order chi connectivity index (χ0) is 24.2. The van der Waals surface area contributed by atoms with E-state index in [4.69, 9.17) is 4.74 Å². The van der Waals surface area contributed by atoms with Crippen molar-refractivity contribution in [2.75, 3.05) is 12.4 Å². The molecule has 0 saturated heterocycles. The van der Waals surface area contributed by atoms with E-state index in [1.807, 2.05) is 30.3 Å². The maximum absolute atomic E-state index is 15.5. The van der Waals surface area contributed by atoms with Crippen LogP contribution in [0.4, 0.5) is 14.6 Å². The quantitative estimate of drug-likeness (QED) is 0.346. The molecule has 0 amide bonds. The number of hydrogen-bond donors (Lipinski definition) is 1. The lowest BCUT2D eigenvalue weighted by Gasteiger charge is -2.20. The lowest BCUT2D eigenvalue weighted by atomic mass is 10.0. The Bertz CT molecular complexity index is 1470. The van der Waals surface area contributed by atoms with Gasteiger partial charge in [0.25, 0.3) is 5.88 Å². The van der Waals surface area contributed by atoms with Crippen LogP contribution in [-0.2, 0) is 0 Å². The summed E-state index contributed by atoms with van der Waals surface area (Å²) in [7, 11) is 1.29. The van der Waals surface area contributed by atoms with Crippen LogP contribution in [0.25, 0.3) is 27.8 Å². The minimum Gasteiger partial charge on any atom is -0.479 e. The highest BCUT2D eigenvalue weighted by atomic mass is 19.1. The topological polar surface area (TPSA) is 56.1 Å². The molecule has 0 radical (unpaired) electrons. The zero-order valence-electron chi connectivity index (χ0n) is 18.4. The molecule has 0 spiro atoms. The Kier molecular flexibility index (Phi) is 6.36. The van der Waals surface area contributed by atoms with E-state index in [0.29, 0.717) is 22.8 Å². The smallest absolute Gasteiger partial charge is 0.252 e. The van der Waals surface area contributed by atoms with Crippen molar-refractivity contribution in [1.82, 2.24) is 9.55 Å². The summed E-state index contributed by atoms with van der Waals surface area (Å²) in [5.74, 6) is -1.20. The van der Waals surface area contributed by atoms with E-state index < -0.39 is 17.1 Å². The molecule has 4 aromatic rings. The maximum Gasteiger partial charge on any atom is 0.252 e. The van der Waals surface area contributed by atoms with Gasteiger partial charge in [0.2, 0.25) is 0 Å². The van der Waals surface area contributed by atoms with E-state index in [9.17, 15) is 9.18 Å². The summed E-state index contributed by atoms with van der Waals surface area (Å²) in [5, 5.41) is 3.19. The van der Waals surface area contributed by atoms with Gasteiger partial charge in [0.15, 0.2) is 16.9 Å². The highest BCUT2D eigenvalue weighted by Crippen LogP contribution is 2.35. The van der Waals surface area contributed by atoms with Crippen LogP contribution >= 0.6 is 0 Å². The number of rotatable bonds is 7. The number of pyridine rings is 2. The molecule has 5 nitrogen and oxygen atoms in total. The molecule has 4 rings (SSSR count). The van der Waals surface area contributed by atoms with Crippen molar-refractivity contribution in [3.05, 3.63) is 120 Å². The molecule has 2 aromatic heterocycles. The second-order valence-corrected chi connectivity index (χ2v) is 7.27. The van der Waals surface area contributed by atoms with E-state index in [0.717, 1.165) is 0 Å². The minimum absolute atomic E-state index is 0.0198. The van der Waals surface area contributed by atoms with Crippen molar-refractivity contribution in [1.29, 1.82) is 0 Å². The maximum atomic E-state index is 15.5. The number of aromatic nitrogens is 2. The van der Waals surface area contributed by atoms with Gasteiger partial charge in [-0.3, -0.25) is 9.36 Å². The van der Waals surface area contributed by atoms with E-state index in [1.54, 1.807) is 22.8 Å². The van der Waals surface area contributed by atoms with E-state index in [1.165, 1.54) is 37.4 Å². The molecule has 2 heterocycles. The van der Waals surface area contributed by atoms with Gasteiger partial charge in [-0.05, 0) is 42.0 Å². The van der Waals surface area contributed by atoms with Gasteiger partial charge in [0.05, 0.1) is 12.5 Å². The number of para-hydroxylation sites is 1. The van der Waals surface area contributed by atoms with Gasteiger partial charge < -0.3 is 10.1 Å². The van der Waals surface area contributed by atoms with Gasteiger partial charge in [-0.25, -0.2) is 8.78 Å². The predicted octanol–water partition coefficient (Wildman–Crippen LogP) is 6.01. The average molecular weight is 457 g/mol. The predicted molar refractivity (Wildman–Crippen MR) is 131 cm³/mol. The number of fused-ring (bicyclic) bond motifs is 1. The van der Waals surface area contributed by atoms with Crippen LogP contribution in [0.1, 0.15) is 0 Å². The van der Waals surface area contributed by atoms with Crippen LogP contribution in [0.3, 0.4) is 0 Å². The Morgan fingerprint density at radius 2 is 1.79 bits per heavy atom. The first-order valence-electron chi connectivity index (χ1n) is 10.3. The molecular weight excluding hydrogens is 436 g/mol. The van der Waals surface area contributed by atoms with Crippen molar-refractivity contribution in [2.24, 2.45) is 0 Å². The monoisotopic (exact) mass is 457 g/mol. The standard InChI is InChI=1S/C27H21F2N3O2/c1-4-9-19(5-2)30-22-16-21(33)24-23(17-12-14-18(28)15-13-17)25(29)27(34-3)31-26(24)32(22)20-10-7-6-8-11-20/h4-16,30H,1-2H2,3H3/b19-9+. The summed E-state index contributed by atoms with van der Waals surface area (Å²) in [6, 6.07) is 15.8. The van der Waals surface area contributed by atoms with Crippen LogP contribution in [0, 0.1) is 11.6 Å². The number of hydrogen-bond acceptors (Lipinski definition) is 4. The minimum atomic E-state index is -0.808. The summed E-state index contributed by atoms with van der Waals surface area (Å²) in [4.78, 5) is 17.7. The third kappa shape index (κ3) is 4.11. The lowest BCUT2D eigenvalue weighted by Crippen LogP contribution is -2.17. The Labute approximate surface area is 195 Å². The SMILES string of the molecule is C=C/C=C(\C=C)Nc1cc(=O)c2c(-c3ccc(F)cc3)c(F)c(OC)nc2n1-c1ccccc1. The molecule has 0 aliphatic heterocycles. The van der Waals surface area contributed by atoms with Crippen LogP contribution < -0.4 is 15.5 Å². The number of anilines is 1. The molecule has 0 aliphatic carbocycles. The molecule has 170 valence electrons. The number of nitrogens with one attached hydrogen (secondary N) is 1. The molecule has 0 fully saturated rings. The third-order valence-corrected chi connectivity index (χ3v) is 5.19. The number of methoxy groups -OCH3 is 1. The summed E-state index contributed by atoms with van der Waals surface area (Å²) in [6.45, 7) is 7.47. The third-order valence-electron chi connectivity index (χ3n) is 5.19. The van der Waals surface area contributed by atoms with Crippen molar-refractivity contribution >= 4 is 16.9 Å². The van der Waals surface area contributed by atoms with Crippen LogP contribution in [0.15, 0.2) is 103 Å². The highest BCUT2D eigenvalue weighted by Gasteiger charge is 2.23. The number of allylic oxidation sites excluding steroid dienone is 3. The summed E-state index contributed by atoms with van der Waals surface area (Å²) < 4.78 is 36.0. The number of nitrogens with zero attached hydrogens (tertiary/aromatic N) is 2. The van der Waals surface area contributed by atoms with Crippen molar-refractivity contribution < 1.29 is 13.5 Å². The van der Waals surface area contributed by atoms with Gasteiger partial charge in [-0.1, -0.05) is 49.6 Å². The first-order valence-corrected chi connectivity index (χ1v) is 10.3. The van der Waals surface area contributed by atoms with Crippen LogP contribution in [-0.4, -0.2) is 16.7 Å².